The first kappa shape index (κ1) is 19.1. The van der Waals surface area contributed by atoms with Crippen LogP contribution >= 0.6 is 11.3 Å². The van der Waals surface area contributed by atoms with Crippen molar-refractivity contribution in [2.45, 2.75) is 52.4 Å². The molecule has 0 amide bonds. The Morgan fingerprint density at radius 2 is 2.22 bits per heavy atom. The quantitative estimate of drug-likeness (QED) is 0.826. The van der Waals surface area contributed by atoms with Crippen LogP contribution in [0.25, 0.3) is 0 Å². The van der Waals surface area contributed by atoms with Crippen molar-refractivity contribution in [3.05, 3.63) is 39.3 Å². The normalized spacial score (nSPS) is 21.4. The molecule has 1 fully saturated rings. The van der Waals surface area contributed by atoms with Gasteiger partial charge in [0.25, 0.3) is 0 Å². The minimum absolute atomic E-state index is 0.813. The van der Waals surface area contributed by atoms with Crippen molar-refractivity contribution < 1.29 is 0 Å². The fourth-order valence-electron chi connectivity index (χ4n) is 4.41. The molecule has 148 valence electrons. The summed E-state index contributed by atoms with van der Waals surface area (Å²) in [7, 11) is 2.20. The molecule has 2 aliphatic heterocycles. The van der Waals surface area contributed by atoms with Crippen molar-refractivity contribution in [3.63, 3.8) is 0 Å². The lowest BCUT2D eigenvalue weighted by molar-refractivity contribution is 0.203. The van der Waals surface area contributed by atoms with E-state index in [1.54, 1.807) is 0 Å². The van der Waals surface area contributed by atoms with Crippen LogP contribution < -0.4 is 5.32 Å². The van der Waals surface area contributed by atoms with Crippen LogP contribution in [0.2, 0.25) is 0 Å². The van der Waals surface area contributed by atoms with Gasteiger partial charge < -0.3 is 5.32 Å². The van der Waals surface area contributed by atoms with Crippen LogP contribution in [0.1, 0.15) is 41.1 Å². The number of nitrogens with zero attached hydrogens (tertiary/aromatic N) is 4. The van der Waals surface area contributed by atoms with Crippen molar-refractivity contribution in [2.24, 2.45) is 5.92 Å². The highest BCUT2D eigenvalue weighted by atomic mass is 32.1. The second-order valence-corrected chi connectivity index (χ2v) is 9.35. The molecule has 0 radical (unpaired) electrons. The van der Waals surface area contributed by atoms with Crippen LogP contribution in [0, 0.1) is 12.8 Å². The molecule has 5 nitrogen and oxygen atoms in total. The minimum atomic E-state index is 0.813. The Bertz CT molecular complexity index is 731. The molecular weight excluding hydrogens is 354 g/mol. The number of piperidine rings is 1. The molecule has 0 unspecified atom stereocenters. The smallest absolute Gasteiger partial charge is 0.0768 e. The van der Waals surface area contributed by atoms with Gasteiger partial charge in [-0.1, -0.05) is 0 Å². The first-order valence-electron chi connectivity index (χ1n) is 10.4. The van der Waals surface area contributed by atoms with Crippen molar-refractivity contribution in [2.75, 3.05) is 33.2 Å². The van der Waals surface area contributed by atoms with Gasteiger partial charge in [0.2, 0.25) is 0 Å². The molecule has 4 rings (SSSR count). The van der Waals surface area contributed by atoms with Gasteiger partial charge >= 0.3 is 0 Å². The van der Waals surface area contributed by atoms with E-state index in [1.165, 1.54) is 67.3 Å². The molecule has 27 heavy (non-hydrogen) atoms. The molecule has 0 aliphatic carbocycles. The molecule has 0 saturated carbocycles. The van der Waals surface area contributed by atoms with Crippen LogP contribution in [0.3, 0.4) is 0 Å². The number of fused-ring (bicyclic) bond motifs is 1. The summed E-state index contributed by atoms with van der Waals surface area (Å²) in [4.78, 5) is 6.50. The van der Waals surface area contributed by atoms with E-state index in [1.807, 2.05) is 11.3 Å². The third-order valence-electron chi connectivity index (χ3n) is 5.87. The zero-order valence-electron chi connectivity index (χ0n) is 16.8. The average molecular weight is 388 g/mol. The third kappa shape index (κ3) is 4.99. The van der Waals surface area contributed by atoms with E-state index in [-0.39, 0.29) is 0 Å². The Kier molecular flexibility index (Phi) is 6.28. The number of aromatic nitrogens is 2. The van der Waals surface area contributed by atoms with Crippen molar-refractivity contribution in [3.8, 4) is 0 Å². The lowest BCUT2D eigenvalue weighted by Gasteiger charge is -2.29. The van der Waals surface area contributed by atoms with E-state index in [0.29, 0.717) is 0 Å². The summed E-state index contributed by atoms with van der Waals surface area (Å²) in [6.45, 7) is 11.1. The highest BCUT2D eigenvalue weighted by Crippen LogP contribution is 2.20. The standard InChI is InChI=1S/C21H33N5S/c1-17-6-10-27-21(17)16-24(2)14-19-11-20-15-25(8-4-9-26(20)23-19)13-18-5-3-7-22-12-18/h6,10-11,18,22H,3-5,7-9,12-16H2,1-2H3/t18-/m0/s1. The Hall–Kier alpha value is -1.21. The highest BCUT2D eigenvalue weighted by Gasteiger charge is 2.21. The molecule has 2 aromatic heterocycles. The zero-order valence-corrected chi connectivity index (χ0v) is 17.6. The largest absolute Gasteiger partial charge is 0.316 e. The molecule has 0 spiro atoms. The molecule has 1 saturated heterocycles. The van der Waals surface area contributed by atoms with Crippen LogP contribution in [0.5, 0.6) is 0 Å². The van der Waals surface area contributed by atoms with E-state index < -0.39 is 0 Å². The average Bonchev–Trinajstić information content (AvgIpc) is 3.16. The lowest BCUT2D eigenvalue weighted by Crippen LogP contribution is -2.38. The fourth-order valence-corrected chi connectivity index (χ4v) is 5.40. The Morgan fingerprint density at radius 3 is 3.00 bits per heavy atom. The van der Waals surface area contributed by atoms with E-state index in [9.17, 15) is 0 Å². The Balaban J connectivity index is 1.35. The van der Waals surface area contributed by atoms with Crippen molar-refractivity contribution in [1.82, 2.24) is 24.9 Å². The van der Waals surface area contributed by atoms with Gasteiger partial charge in [-0.3, -0.25) is 14.5 Å². The van der Waals surface area contributed by atoms with Gasteiger partial charge in [-0.2, -0.15) is 5.10 Å². The van der Waals surface area contributed by atoms with Gasteiger partial charge in [0.1, 0.15) is 0 Å². The molecule has 0 bridgehead atoms. The van der Waals surface area contributed by atoms with E-state index in [2.05, 4.69) is 51.3 Å². The topological polar surface area (TPSA) is 36.3 Å². The Morgan fingerprint density at radius 1 is 1.30 bits per heavy atom. The Labute approximate surface area is 167 Å². The highest BCUT2D eigenvalue weighted by molar-refractivity contribution is 7.10. The first-order valence-corrected chi connectivity index (χ1v) is 11.3. The second kappa shape index (κ2) is 8.86. The summed E-state index contributed by atoms with van der Waals surface area (Å²) in [5, 5.41) is 10.7. The van der Waals surface area contributed by atoms with Crippen molar-refractivity contribution >= 4 is 11.3 Å². The monoisotopic (exact) mass is 387 g/mol. The molecule has 1 atom stereocenters. The maximum absolute atomic E-state index is 4.92. The minimum Gasteiger partial charge on any atom is -0.316 e. The lowest BCUT2D eigenvalue weighted by atomic mass is 9.99. The van der Waals surface area contributed by atoms with Gasteiger partial charge in [-0.25, -0.2) is 0 Å². The first-order chi connectivity index (χ1) is 13.2. The summed E-state index contributed by atoms with van der Waals surface area (Å²) < 4.78 is 2.26. The number of thiophene rings is 1. The number of rotatable bonds is 6. The predicted octanol–water partition coefficient (Wildman–Crippen LogP) is 3.09. The molecule has 1 N–H and O–H groups in total. The van der Waals surface area contributed by atoms with E-state index in [4.69, 9.17) is 5.10 Å². The maximum atomic E-state index is 4.92. The van der Waals surface area contributed by atoms with Crippen LogP contribution in [0.15, 0.2) is 17.5 Å². The fraction of sp³-hybridized carbons (Fsp3) is 0.667. The maximum Gasteiger partial charge on any atom is 0.0768 e. The van der Waals surface area contributed by atoms with Gasteiger partial charge in [-0.15, -0.1) is 11.3 Å². The number of hydrogen-bond acceptors (Lipinski definition) is 5. The SMILES string of the molecule is Cc1ccsc1CN(C)Cc1cc2n(n1)CCCN(C[C@H]1CCCNC1)C2. The van der Waals surface area contributed by atoms with Crippen LogP contribution in [0.4, 0.5) is 0 Å². The molecular formula is C21H33N5S. The third-order valence-corrected chi connectivity index (χ3v) is 6.88. The van der Waals surface area contributed by atoms with Crippen molar-refractivity contribution in [1.29, 1.82) is 0 Å². The summed E-state index contributed by atoms with van der Waals surface area (Å²) in [6, 6.07) is 4.55. The van der Waals surface area contributed by atoms with Gasteiger partial charge in [0.05, 0.1) is 11.4 Å². The molecule has 2 aliphatic rings. The van der Waals surface area contributed by atoms with E-state index >= 15 is 0 Å². The van der Waals surface area contributed by atoms with Gasteiger partial charge in [0.15, 0.2) is 0 Å². The number of hydrogen-bond donors (Lipinski definition) is 1. The van der Waals surface area contributed by atoms with Crippen LogP contribution in [-0.4, -0.2) is 52.8 Å². The molecule has 6 heteroatoms. The second-order valence-electron chi connectivity index (χ2n) is 8.35. The molecule has 4 heterocycles. The molecule has 0 aromatic carbocycles. The molecule has 2 aromatic rings. The summed E-state index contributed by atoms with van der Waals surface area (Å²) >= 11 is 1.86. The van der Waals surface area contributed by atoms with Gasteiger partial charge in [0, 0.05) is 44.1 Å². The van der Waals surface area contributed by atoms with E-state index in [0.717, 1.165) is 32.1 Å². The van der Waals surface area contributed by atoms with Gasteiger partial charge in [-0.05, 0) is 75.3 Å². The zero-order chi connectivity index (χ0) is 18.6. The summed E-state index contributed by atoms with van der Waals surface area (Å²) in [6.07, 6.45) is 3.91. The summed E-state index contributed by atoms with van der Waals surface area (Å²) in [5.41, 5.74) is 4.01. The number of aryl methyl sites for hydroxylation is 2. The predicted molar refractivity (Wildman–Crippen MR) is 112 cm³/mol. The van der Waals surface area contributed by atoms with Crippen LogP contribution in [-0.2, 0) is 26.2 Å². The number of nitrogens with one attached hydrogen (secondary N) is 1. The summed E-state index contributed by atoms with van der Waals surface area (Å²) in [5.74, 6) is 0.813.